The van der Waals surface area contributed by atoms with Crippen molar-refractivity contribution in [3.63, 3.8) is 0 Å². The van der Waals surface area contributed by atoms with Crippen LogP contribution >= 0.6 is 0 Å². The van der Waals surface area contributed by atoms with Gasteiger partial charge in [0.05, 0.1) is 0 Å². The smallest absolute Gasteiger partial charge is 0.127 e. The molecule has 1 fully saturated rings. The van der Waals surface area contributed by atoms with Crippen molar-refractivity contribution in [1.82, 2.24) is 0 Å². The quantitative estimate of drug-likeness (QED) is 0.709. The topological polar surface area (TPSA) is 9.23 Å². The summed E-state index contributed by atoms with van der Waals surface area (Å²) in [5.74, 6) is 2.34. The first-order valence-corrected chi connectivity index (χ1v) is 7.10. The highest BCUT2D eigenvalue weighted by Crippen LogP contribution is 2.48. The van der Waals surface area contributed by atoms with E-state index in [0.29, 0.717) is 5.92 Å². The predicted octanol–water partition coefficient (Wildman–Crippen LogP) is 4.57. The van der Waals surface area contributed by atoms with Gasteiger partial charge in [-0.05, 0) is 37.1 Å². The summed E-state index contributed by atoms with van der Waals surface area (Å²) in [6.45, 7) is 2.27. The molecule has 0 aromatic heterocycles. The lowest BCUT2D eigenvalue weighted by Crippen LogP contribution is -2.36. The van der Waals surface area contributed by atoms with Crippen LogP contribution in [-0.2, 0) is 0 Å². The fourth-order valence-electron chi connectivity index (χ4n) is 3.70. The Bertz CT molecular complexity index is 652. The van der Waals surface area contributed by atoms with Crippen LogP contribution in [0.4, 0.5) is 0 Å². The van der Waals surface area contributed by atoms with Gasteiger partial charge in [0.25, 0.3) is 0 Å². The zero-order valence-corrected chi connectivity index (χ0v) is 11.2. The van der Waals surface area contributed by atoms with Gasteiger partial charge in [-0.1, -0.05) is 48.6 Å². The molecule has 2 aliphatic carbocycles. The van der Waals surface area contributed by atoms with Crippen molar-refractivity contribution in [3.05, 3.63) is 54.6 Å². The Balaban J connectivity index is 1.74. The van der Waals surface area contributed by atoms with E-state index in [1.165, 1.54) is 17.2 Å². The van der Waals surface area contributed by atoms with Gasteiger partial charge in [0, 0.05) is 11.3 Å². The van der Waals surface area contributed by atoms with E-state index >= 15 is 0 Å². The molecular weight excluding hydrogens is 232 g/mol. The Morgan fingerprint density at radius 1 is 1.05 bits per heavy atom. The second kappa shape index (κ2) is 3.86. The van der Waals surface area contributed by atoms with Gasteiger partial charge in [-0.3, -0.25) is 0 Å². The Kier molecular flexibility index (Phi) is 2.26. The number of ether oxygens (including phenoxy) is 1. The number of allylic oxidation sites excluding steroid dienone is 1. The van der Waals surface area contributed by atoms with Crippen LogP contribution < -0.4 is 4.74 Å². The highest BCUT2D eigenvalue weighted by molar-refractivity contribution is 5.88. The number of rotatable bonds is 2. The molecule has 0 heterocycles. The zero-order chi connectivity index (χ0) is 12.9. The normalized spacial score (nSPS) is 32.1. The van der Waals surface area contributed by atoms with Gasteiger partial charge in [0.15, 0.2) is 0 Å². The molecule has 96 valence electrons. The third-order valence-electron chi connectivity index (χ3n) is 4.72. The summed E-state index contributed by atoms with van der Waals surface area (Å²) in [6, 6.07) is 14.8. The van der Waals surface area contributed by atoms with E-state index in [9.17, 15) is 0 Å². The van der Waals surface area contributed by atoms with Crippen molar-refractivity contribution in [3.8, 4) is 5.75 Å². The monoisotopic (exact) mass is 250 g/mol. The second-order valence-electron chi connectivity index (χ2n) is 6.08. The summed E-state index contributed by atoms with van der Waals surface area (Å²) in [6.07, 6.45) is 7.12. The summed E-state index contributed by atoms with van der Waals surface area (Å²) in [4.78, 5) is 0. The molecule has 2 bridgehead atoms. The van der Waals surface area contributed by atoms with Gasteiger partial charge >= 0.3 is 0 Å². The molecule has 4 rings (SSSR count). The minimum Gasteiger partial charge on any atom is -0.486 e. The molecule has 2 aromatic carbocycles. The minimum absolute atomic E-state index is 0.0243. The zero-order valence-electron chi connectivity index (χ0n) is 11.2. The van der Waals surface area contributed by atoms with E-state index in [1.54, 1.807) is 0 Å². The molecule has 0 radical (unpaired) electrons. The van der Waals surface area contributed by atoms with Gasteiger partial charge in [-0.15, -0.1) is 0 Å². The molecule has 0 aliphatic heterocycles. The molecule has 19 heavy (non-hydrogen) atoms. The summed E-state index contributed by atoms with van der Waals surface area (Å²) in [7, 11) is 0. The molecule has 3 unspecified atom stereocenters. The van der Waals surface area contributed by atoms with Crippen molar-refractivity contribution in [2.24, 2.45) is 11.8 Å². The molecule has 3 atom stereocenters. The predicted molar refractivity (Wildman–Crippen MR) is 78.3 cm³/mol. The van der Waals surface area contributed by atoms with Crippen LogP contribution in [0.25, 0.3) is 10.8 Å². The summed E-state index contributed by atoms with van der Waals surface area (Å²) < 4.78 is 6.46. The van der Waals surface area contributed by atoms with E-state index in [0.717, 1.165) is 18.1 Å². The van der Waals surface area contributed by atoms with Crippen LogP contribution in [0.1, 0.15) is 19.8 Å². The molecule has 1 heteroatoms. The summed E-state index contributed by atoms with van der Waals surface area (Å²) >= 11 is 0. The maximum atomic E-state index is 6.46. The van der Waals surface area contributed by atoms with Gasteiger partial charge in [0.1, 0.15) is 11.4 Å². The highest BCUT2D eigenvalue weighted by Gasteiger charge is 2.47. The lowest BCUT2D eigenvalue weighted by Gasteiger charge is -2.33. The van der Waals surface area contributed by atoms with E-state index in [2.05, 4.69) is 61.5 Å². The van der Waals surface area contributed by atoms with Crippen LogP contribution in [0, 0.1) is 11.8 Å². The first kappa shape index (κ1) is 11.1. The van der Waals surface area contributed by atoms with Crippen LogP contribution in [0.5, 0.6) is 5.75 Å². The SMILES string of the molecule is CC1(Oc2cccc3ccccc23)CC2C=CC1C2. The average molecular weight is 250 g/mol. The molecule has 1 saturated carbocycles. The molecule has 0 spiro atoms. The van der Waals surface area contributed by atoms with Gasteiger partial charge in [-0.2, -0.15) is 0 Å². The van der Waals surface area contributed by atoms with Gasteiger partial charge < -0.3 is 4.74 Å². The largest absolute Gasteiger partial charge is 0.486 e. The Hall–Kier alpha value is -1.76. The Morgan fingerprint density at radius 3 is 2.68 bits per heavy atom. The average Bonchev–Trinajstić information content (AvgIpc) is 2.99. The van der Waals surface area contributed by atoms with Crippen molar-refractivity contribution in [1.29, 1.82) is 0 Å². The van der Waals surface area contributed by atoms with Crippen LogP contribution in [0.15, 0.2) is 54.6 Å². The maximum Gasteiger partial charge on any atom is 0.127 e. The number of fused-ring (bicyclic) bond motifs is 3. The summed E-state index contributed by atoms with van der Waals surface area (Å²) in [5.41, 5.74) is -0.0243. The van der Waals surface area contributed by atoms with Crippen LogP contribution in [0.2, 0.25) is 0 Å². The first-order chi connectivity index (χ1) is 9.24. The van der Waals surface area contributed by atoms with Gasteiger partial charge in [0.2, 0.25) is 0 Å². The molecular formula is C18H18O. The molecule has 2 aromatic rings. The fourth-order valence-corrected chi connectivity index (χ4v) is 3.70. The molecule has 0 N–H and O–H groups in total. The number of benzene rings is 2. The van der Waals surface area contributed by atoms with E-state index in [-0.39, 0.29) is 5.60 Å². The number of hydrogen-bond donors (Lipinski definition) is 0. The third-order valence-corrected chi connectivity index (χ3v) is 4.72. The van der Waals surface area contributed by atoms with Crippen LogP contribution in [-0.4, -0.2) is 5.60 Å². The third kappa shape index (κ3) is 1.68. The summed E-state index contributed by atoms with van der Waals surface area (Å²) in [5, 5.41) is 2.47. The Morgan fingerprint density at radius 2 is 1.89 bits per heavy atom. The van der Waals surface area contributed by atoms with E-state index < -0.39 is 0 Å². The lowest BCUT2D eigenvalue weighted by molar-refractivity contribution is 0.0639. The fraction of sp³-hybridized carbons (Fsp3) is 0.333. The lowest BCUT2D eigenvalue weighted by atomic mass is 9.90. The second-order valence-corrected chi connectivity index (χ2v) is 6.08. The molecule has 1 nitrogen and oxygen atoms in total. The molecule has 2 aliphatic rings. The van der Waals surface area contributed by atoms with Crippen LogP contribution in [0.3, 0.4) is 0 Å². The Labute approximate surface area is 113 Å². The minimum atomic E-state index is -0.0243. The van der Waals surface area contributed by atoms with E-state index in [4.69, 9.17) is 4.74 Å². The van der Waals surface area contributed by atoms with E-state index in [1.807, 2.05) is 0 Å². The van der Waals surface area contributed by atoms with Crippen molar-refractivity contribution in [2.45, 2.75) is 25.4 Å². The van der Waals surface area contributed by atoms with Crippen molar-refractivity contribution in [2.75, 3.05) is 0 Å². The van der Waals surface area contributed by atoms with Gasteiger partial charge in [-0.25, -0.2) is 0 Å². The highest BCUT2D eigenvalue weighted by atomic mass is 16.5. The number of hydrogen-bond acceptors (Lipinski definition) is 1. The molecule has 0 amide bonds. The standard InChI is InChI=1S/C18H18O/c1-18(12-13-9-10-15(18)11-13)19-17-8-4-6-14-5-2-3-7-16(14)17/h2-10,13,15H,11-12H2,1H3. The maximum absolute atomic E-state index is 6.46. The van der Waals surface area contributed by atoms with Crippen molar-refractivity contribution >= 4 is 10.8 Å². The van der Waals surface area contributed by atoms with Crippen molar-refractivity contribution < 1.29 is 4.74 Å². The molecule has 0 saturated heterocycles. The first-order valence-electron chi connectivity index (χ1n) is 7.10.